The van der Waals surface area contributed by atoms with Gasteiger partial charge in [-0.1, -0.05) is 0 Å². The number of aryl methyl sites for hydroxylation is 2. The highest BCUT2D eigenvalue weighted by atomic mass is 16.6. The molecule has 0 saturated carbocycles. The quantitative estimate of drug-likeness (QED) is 0.464. The Labute approximate surface area is 164 Å². The van der Waals surface area contributed by atoms with Crippen molar-refractivity contribution in [3.05, 3.63) is 17.5 Å². The Balaban J connectivity index is 1.90. The van der Waals surface area contributed by atoms with E-state index in [2.05, 4.69) is 9.97 Å². The van der Waals surface area contributed by atoms with Gasteiger partial charge in [0, 0.05) is 37.6 Å². The molecule has 1 aliphatic rings. The number of ether oxygens (including phenoxy) is 3. The maximum atomic E-state index is 11.9. The molecule has 1 atom stereocenters. The Morgan fingerprint density at radius 2 is 2.04 bits per heavy atom. The average molecular weight is 388 g/mol. The minimum absolute atomic E-state index is 0.0206. The predicted octanol–water partition coefficient (Wildman–Crippen LogP) is 2.96. The molecule has 1 saturated heterocycles. The number of imidazole rings is 1. The van der Waals surface area contributed by atoms with Crippen LogP contribution in [-0.4, -0.2) is 59.1 Å². The lowest BCUT2D eigenvalue weighted by Gasteiger charge is -2.33. The van der Waals surface area contributed by atoms with Gasteiger partial charge < -0.3 is 24.1 Å². The van der Waals surface area contributed by atoms with Gasteiger partial charge in [-0.25, -0.2) is 9.78 Å². The number of rotatable bonds is 5. The Kier molecular flexibility index (Phi) is 5.76. The third kappa shape index (κ3) is 4.05. The molecule has 1 fully saturated rings. The smallest absolute Gasteiger partial charge is 0.346 e. The molecular formula is C20H28N4O4. The second-order valence-corrected chi connectivity index (χ2v) is 7.22. The normalized spacial score (nSPS) is 16.1. The van der Waals surface area contributed by atoms with Crippen molar-refractivity contribution < 1.29 is 19.0 Å². The minimum Gasteiger partial charge on any atom is -0.486 e. The third-order valence-electron chi connectivity index (χ3n) is 5.08. The summed E-state index contributed by atoms with van der Waals surface area (Å²) in [5, 5.41) is 7.78. The maximum Gasteiger partial charge on any atom is 0.346 e. The van der Waals surface area contributed by atoms with E-state index in [1.54, 1.807) is 13.8 Å². The summed E-state index contributed by atoms with van der Waals surface area (Å²) < 4.78 is 17.0. The van der Waals surface area contributed by atoms with Crippen LogP contribution in [0.3, 0.4) is 0 Å². The number of H-pyrrole nitrogens is 1. The number of aromatic amines is 1. The number of esters is 1. The van der Waals surface area contributed by atoms with E-state index in [-0.39, 0.29) is 6.10 Å². The number of aromatic nitrogens is 2. The minimum atomic E-state index is -0.758. The lowest BCUT2D eigenvalue weighted by atomic mass is 10.1. The van der Waals surface area contributed by atoms with Crippen LogP contribution < -0.4 is 9.47 Å². The molecule has 0 radical (unpaired) electrons. The summed E-state index contributed by atoms with van der Waals surface area (Å²) in [6.07, 6.45) is 0.904. The SMILES string of the molecule is COC(=O)C(C)Oc1c(OC2CCN(C(C)=N)CC2)cc2[nH]c(C)nc2c1C. The van der Waals surface area contributed by atoms with Crippen LogP contribution in [0.4, 0.5) is 0 Å². The highest BCUT2D eigenvalue weighted by molar-refractivity contribution is 5.84. The zero-order valence-corrected chi connectivity index (χ0v) is 17.1. The van der Waals surface area contributed by atoms with Crippen LogP contribution in [0, 0.1) is 19.3 Å². The van der Waals surface area contributed by atoms with E-state index >= 15 is 0 Å². The lowest BCUT2D eigenvalue weighted by molar-refractivity contribution is -0.148. The van der Waals surface area contributed by atoms with Crippen LogP contribution in [0.5, 0.6) is 11.5 Å². The fraction of sp³-hybridized carbons (Fsp3) is 0.550. The molecule has 0 bridgehead atoms. The molecule has 152 valence electrons. The number of carbonyl (C=O) groups is 1. The van der Waals surface area contributed by atoms with Crippen molar-refractivity contribution >= 4 is 22.8 Å². The first-order valence-electron chi connectivity index (χ1n) is 9.51. The number of methoxy groups -OCH3 is 1. The van der Waals surface area contributed by atoms with Gasteiger partial charge in [-0.05, 0) is 27.7 Å². The van der Waals surface area contributed by atoms with E-state index in [9.17, 15) is 4.79 Å². The summed E-state index contributed by atoms with van der Waals surface area (Å²) in [6.45, 7) is 8.85. The van der Waals surface area contributed by atoms with Crippen molar-refractivity contribution in [3.8, 4) is 11.5 Å². The Bertz CT molecular complexity index is 884. The summed E-state index contributed by atoms with van der Waals surface area (Å²) in [7, 11) is 1.34. The van der Waals surface area contributed by atoms with Crippen LogP contribution in [-0.2, 0) is 9.53 Å². The molecule has 1 unspecified atom stereocenters. The predicted molar refractivity (Wildman–Crippen MR) is 106 cm³/mol. The zero-order chi connectivity index (χ0) is 20.4. The summed E-state index contributed by atoms with van der Waals surface area (Å²) >= 11 is 0. The van der Waals surface area contributed by atoms with Gasteiger partial charge in [0.2, 0.25) is 0 Å². The molecular weight excluding hydrogens is 360 g/mol. The van der Waals surface area contributed by atoms with E-state index in [0.29, 0.717) is 17.3 Å². The number of amidine groups is 1. The molecule has 3 rings (SSSR count). The highest BCUT2D eigenvalue weighted by Gasteiger charge is 2.26. The van der Waals surface area contributed by atoms with E-state index < -0.39 is 12.1 Å². The summed E-state index contributed by atoms with van der Waals surface area (Å²) in [4.78, 5) is 21.7. The molecule has 0 amide bonds. The highest BCUT2D eigenvalue weighted by Crippen LogP contribution is 2.38. The molecule has 0 aliphatic carbocycles. The second-order valence-electron chi connectivity index (χ2n) is 7.22. The van der Waals surface area contributed by atoms with Gasteiger partial charge >= 0.3 is 5.97 Å². The molecule has 8 heteroatoms. The van der Waals surface area contributed by atoms with Gasteiger partial charge in [0.05, 0.1) is 24.0 Å². The first-order chi connectivity index (χ1) is 13.3. The molecule has 2 N–H and O–H groups in total. The van der Waals surface area contributed by atoms with Gasteiger partial charge in [-0.2, -0.15) is 0 Å². The summed E-state index contributed by atoms with van der Waals surface area (Å²) in [5.74, 6) is 2.05. The number of benzene rings is 1. The number of hydrogen-bond acceptors (Lipinski definition) is 6. The number of likely N-dealkylation sites (tertiary alicyclic amines) is 1. The van der Waals surface area contributed by atoms with Gasteiger partial charge in [-0.15, -0.1) is 0 Å². The van der Waals surface area contributed by atoms with Crippen LogP contribution in [0.25, 0.3) is 11.0 Å². The second kappa shape index (κ2) is 8.08. The van der Waals surface area contributed by atoms with Gasteiger partial charge in [-0.3, -0.25) is 5.41 Å². The number of nitrogens with one attached hydrogen (secondary N) is 2. The number of nitrogens with zero attached hydrogens (tertiary/aromatic N) is 2. The first kappa shape index (κ1) is 20.0. The van der Waals surface area contributed by atoms with Crippen molar-refractivity contribution in [1.82, 2.24) is 14.9 Å². The van der Waals surface area contributed by atoms with E-state index in [1.807, 2.05) is 24.8 Å². The summed E-state index contributed by atoms with van der Waals surface area (Å²) in [6, 6.07) is 1.88. The average Bonchev–Trinajstić information content (AvgIpc) is 3.04. The third-order valence-corrected chi connectivity index (χ3v) is 5.08. The number of fused-ring (bicyclic) bond motifs is 1. The van der Waals surface area contributed by atoms with Crippen molar-refractivity contribution in [2.24, 2.45) is 0 Å². The van der Waals surface area contributed by atoms with Crippen LogP contribution in [0.15, 0.2) is 6.07 Å². The zero-order valence-electron chi connectivity index (χ0n) is 17.1. The summed E-state index contributed by atoms with van der Waals surface area (Å²) in [5.41, 5.74) is 2.49. The Hall–Kier alpha value is -2.77. The molecule has 1 aromatic carbocycles. The van der Waals surface area contributed by atoms with E-state index in [1.165, 1.54) is 7.11 Å². The molecule has 28 heavy (non-hydrogen) atoms. The fourth-order valence-corrected chi connectivity index (χ4v) is 3.50. The number of carbonyl (C=O) groups excluding carboxylic acids is 1. The van der Waals surface area contributed by atoms with Crippen molar-refractivity contribution in [2.75, 3.05) is 20.2 Å². The standard InChI is InChI=1S/C20H28N4O4/c1-11-18-16(22-14(4)23-18)10-17(19(11)27-12(2)20(25)26-5)28-15-6-8-24(9-7-15)13(3)21/h10,12,15,21H,6-9H2,1-5H3,(H,22,23). The fourth-order valence-electron chi connectivity index (χ4n) is 3.50. The monoisotopic (exact) mass is 388 g/mol. The van der Waals surface area contributed by atoms with Gasteiger partial charge in [0.25, 0.3) is 0 Å². The van der Waals surface area contributed by atoms with Crippen LogP contribution in [0.2, 0.25) is 0 Å². The Morgan fingerprint density at radius 3 is 2.64 bits per heavy atom. The molecule has 0 spiro atoms. The molecule has 8 nitrogen and oxygen atoms in total. The molecule has 1 aliphatic heterocycles. The van der Waals surface area contributed by atoms with Gasteiger partial charge in [0.1, 0.15) is 11.9 Å². The molecule has 2 aromatic rings. The topological polar surface area (TPSA) is 101 Å². The lowest BCUT2D eigenvalue weighted by Crippen LogP contribution is -2.40. The number of hydrogen-bond donors (Lipinski definition) is 2. The van der Waals surface area contributed by atoms with Crippen molar-refractivity contribution in [3.63, 3.8) is 0 Å². The van der Waals surface area contributed by atoms with Crippen molar-refractivity contribution in [1.29, 1.82) is 5.41 Å². The first-order valence-corrected chi connectivity index (χ1v) is 9.51. The number of piperidine rings is 1. The van der Waals surface area contributed by atoms with E-state index in [0.717, 1.165) is 48.4 Å². The van der Waals surface area contributed by atoms with Crippen LogP contribution in [0.1, 0.15) is 38.1 Å². The molecule has 2 heterocycles. The van der Waals surface area contributed by atoms with Crippen molar-refractivity contribution in [2.45, 2.75) is 52.7 Å². The largest absolute Gasteiger partial charge is 0.486 e. The maximum absolute atomic E-state index is 11.9. The van der Waals surface area contributed by atoms with E-state index in [4.69, 9.17) is 19.6 Å². The van der Waals surface area contributed by atoms with Gasteiger partial charge in [0.15, 0.2) is 17.6 Å². The van der Waals surface area contributed by atoms with Crippen LogP contribution >= 0.6 is 0 Å². The Morgan fingerprint density at radius 1 is 1.36 bits per heavy atom. The molecule has 1 aromatic heterocycles.